The molecule has 5 rings (SSSR count). The van der Waals surface area contributed by atoms with Crippen LogP contribution >= 0.6 is 12.4 Å². The lowest BCUT2D eigenvalue weighted by Crippen LogP contribution is -2.40. The van der Waals surface area contributed by atoms with Gasteiger partial charge in [-0.2, -0.15) is 0 Å². The maximum atomic E-state index is 9.80. The van der Waals surface area contributed by atoms with E-state index < -0.39 is 0 Å². The van der Waals surface area contributed by atoms with Crippen molar-refractivity contribution in [2.24, 2.45) is 0 Å². The molecule has 0 radical (unpaired) electrons. The second-order valence-electron chi connectivity index (χ2n) is 9.62. The zero-order valence-corrected chi connectivity index (χ0v) is 22.4. The van der Waals surface area contributed by atoms with E-state index in [9.17, 15) is 5.11 Å². The first-order valence-corrected chi connectivity index (χ1v) is 13.1. The van der Waals surface area contributed by atoms with Crippen LogP contribution in [0.15, 0.2) is 91.0 Å². The van der Waals surface area contributed by atoms with E-state index in [4.69, 9.17) is 14.2 Å². The van der Waals surface area contributed by atoms with Crippen molar-refractivity contribution in [3.8, 4) is 11.5 Å². The number of fused-ring (bicyclic) bond motifs is 1. The highest BCUT2D eigenvalue weighted by Gasteiger charge is 2.27. The minimum atomic E-state index is 0. The Morgan fingerprint density at radius 1 is 0.789 bits per heavy atom. The molecule has 38 heavy (non-hydrogen) atoms. The minimum Gasteiger partial charge on any atom is -0.508 e. The van der Waals surface area contributed by atoms with Gasteiger partial charge in [-0.15, -0.1) is 12.4 Å². The van der Waals surface area contributed by atoms with Crippen LogP contribution < -0.4 is 10.1 Å². The Bertz CT molecular complexity index is 1270. The highest BCUT2D eigenvalue weighted by Crippen LogP contribution is 2.30. The normalized spacial score (nSPS) is 17.2. The summed E-state index contributed by atoms with van der Waals surface area (Å²) in [5.41, 5.74) is 3.59. The molecule has 2 N–H and O–H groups in total. The highest BCUT2D eigenvalue weighted by molar-refractivity contribution is 5.85. The van der Waals surface area contributed by atoms with Crippen molar-refractivity contribution in [3.63, 3.8) is 0 Å². The van der Waals surface area contributed by atoms with Crippen LogP contribution in [0.2, 0.25) is 0 Å². The number of benzene rings is 4. The first kappa shape index (κ1) is 27.9. The summed E-state index contributed by atoms with van der Waals surface area (Å²) in [6.45, 7) is 4.32. The molecule has 0 saturated carbocycles. The molecule has 1 aliphatic rings. The number of phenols is 1. The molecule has 6 heteroatoms. The van der Waals surface area contributed by atoms with Crippen molar-refractivity contribution in [2.75, 3.05) is 26.3 Å². The Morgan fingerprint density at radius 3 is 2.45 bits per heavy atom. The lowest BCUT2D eigenvalue weighted by molar-refractivity contribution is 0.0106. The van der Waals surface area contributed by atoms with Crippen LogP contribution in [0.25, 0.3) is 10.8 Å². The zero-order valence-electron chi connectivity index (χ0n) is 21.6. The first-order valence-electron chi connectivity index (χ1n) is 13.1. The third kappa shape index (κ3) is 7.71. The SMILES string of the molecule is Cl.Oc1ccc2ccc(COC3CNCCC3c3ccc(OCCCOCc4ccccc4)cc3)cc2c1. The second kappa shape index (κ2) is 14.2. The molecule has 1 aliphatic heterocycles. The Kier molecular flexibility index (Phi) is 10.4. The van der Waals surface area contributed by atoms with Gasteiger partial charge < -0.3 is 24.6 Å². The Balaban J connectivity index is 0.00000336. The van der Waals surface area contributed by atoms with Crippen molar-refractivity contribution in [3.05, 3.63) is 108 Å². The number of piperidine rings is 1. The highest BCUT2D eigenvalue weighted by atomic mass is 35.5. The van der Waals surface area contributed by atoms with Gasteiger partial charge in [0.05, 0.1) is 32.5 Å². The Morgan fingerprint density at radius 2 is 1.61 bits per heavy atom. The Hall–Kier alpha value is -3.09. The van der Waals surface area contributed by atoms with E-state index in [1.165, 1.54) is 11.1 Å². The van der Waals surface area contributed by atoms with Crippen LogP contribution in [0.3, 0.4) is 0 Å². The summed E-state index contributed by atoms with van der Waals surface area (Å²) in [5, 5.41) is 15.4. The summed E-state index contributed by atoms with van der Waals surface area (Å²) in [4.78, 5) is 0. The van der Waals surface area contributed by atoms with Crippen molar-refractivity contribution < 1.29 is 19.3 Å². The van der Waals surface area contributed by atoms with Crippen LogP contribution in [0.1, 0.15) is 35.4 Å². The molecule has 0 amide bonds. The molecule has 2 unspecified atom stereocenters. The third-order valence-electron chi connectivity index (χ3n) is 6.90. The van der Waals surface area contributed by atoms with Crippen LogP contribution in [-0.4, -0.2) is 37.5 Å². The van der Waals surface area contributed by atoms with Gasteiger partial charge in [-0.25, -0.2) is 0 Å². The van der Waals surface area contributed by atoms with Crippen LogP contribution in [0.4, 0.5) is 0 Å². The predicted octanol–water partition coefficient (Wildman–Crippen LogP) is 6.62. The molecule has 1 heterocycles. The van der Waals surface area contributed by atoms with Gasteiger partial charge >= 0.3 is 0 Å². The van der Waals surface area contributed by atoms with E-state index in [0.29, 0.717) is 32.3 Å². The van der Waals surface area contributed by atoms with Crippen LogP contribution in [-0.2, 0) is 22.7 Å². The third-order valence-corrected chi connectivity index (χ3v) is 6.90. The summed E-state index contributed by atoms with van der Waals surface area (Å²) in [5.74, 6) is 1.51. The number of halogens is 1. The fraction of sp³-hybridized carbons (Fsp3) is 0.312. The molecule has 0 bridgehead atoms. The van der Waals surface area contributed by atoms with Gasteiger partial charge in [-0.1, -0.05) is 60.7 Å². The van der Waals surface area contributed by atoms with Crippen LogP contribution in [0.5, 0.6) is 11.5 Å². The molecule has 0 aromatic heterocycles. The molecule has 1 fully saturated rings. The van der Waals surface area contributed by atoms with Gasteiger partial charge in [0, 0.05) is 18.9 Å². The first-order chi connectivity index (χ1) is 18.2. The fourth-order valence-electron chi connectivity index (χ4n) is 4.89. The van der Waals surface area contributed by atoms with Gasteiger partial charge in [-0.05, 0) is 70.8 Å². The number of nitrogens with one attached hydrogen (secondary N) is 1. The number of hydrogen-bond acceptors (Lipinski definition) is 5. The number of aromatic hydroxyl groups is 1. The van der Waals surface area contributed by atoms with Crippen molar-refractivity contribution in [1.82, 2.24) is 5.32 Å². The summed E-state index contributed by atoms with van der Waals surface area (Å²) in [7, 11) is 0. The number of rotatable bonds is 11. The number of ether oxygens (including phenoxy) is 3. The lowest BCUT2D eigenvalue weighted by Gasteiger charge is -2.32. The molecule has 4 aromatic carbocycles. The monoisotopic (exact) mass is 533 g/mol. The van der Waals surface area contributed by atoms with Gasteiger partial charge in [0.25, 0.3) is 0 Å². The van der Waals surface area contributed by atoms with Crippen molar-refractivity contribution >= 4 is 23.2 Å². The van der Waals surface area contributed by atoms with E-state index in [1.807, 2.05) is 24.3 Å². The number of hydrogen-bond donors (Lipinski definition) is 2. The van der Waals surface area contributed by atoms with E-state index in [0.717, 1.165) is 48.0 Å². The molecule has 5 nitrogen and oxygen atoms in total. The quantitative estimate of drug-likeness (QED) is 0.212. The largest absolute Gasteiger partial charge is 0.508 e. The molecule has 200 valence electrons. The van der Waals surface area contributed by atoms with E-state index in [1.54, 1.807) is 12.1 Å². The summed E-state index contributed by atoms with van der Waals surface area (Å²) < 4.78 is 18.1. The molecule has 0 aliphatic carbocycles. The molecule has 4 aromatic rings. The summed E-state index contributed by atoms with van der Waals surface area (Å²) in [6.07, 6.45) is 1.99. The Labute approximate surface area is 231 Å². The second-order valence-corrected chi connectivity index (χ2v) is 9.62. The molecular weight excluding hydrogens is 498 g/mol. The van der Waals surface area contributed by atoms with Crippen LogP contribution in [0, 0.1) is 0 Å². The molecular formula is C32H36ClNO4. The molecule has 1 saturated heterocycles. The molecule has 0 spiro atoms. The predicted molar refractivity (Wildman–Crippen MR) is 154 cm³/mol. The molecule has 2 atom stereocenters. The number of phenolic OH excluding ortho intramolecular Hbond substituents is 1. The van der Waals surface area contributed by atoms with Gasteiger partial charge in [-0.3, -0.25) is 0 Å². The van der Waals surface area contributed by atoms with Crippen molar-refractivity contribution in [1.29, 1.82) is 0 Å². The smallest absolute Gasteiger partial charge is 0.119 e. The van der Waals surface area contributed by atoms with Crippen molar-refractivity contribution in [2.45, 2.75) is 38.1 Å². The van der Waals surface area contributed by atoms with Gasteiger partial charge in [0.2, 0.25) is 0 Å². The maximum absolute atomic E-state index is 9.80. The topological polar surface area (TPSA) is 60.0 Å². The average molecular weight is 534 g/mol. The lowest BCUT2D eigenvalue weighted by atomic mass is 9.87. The summed E-state index contributed by atoms with van der Waals surface area (Å²) in [6, 6.07) is 30.4. The van der Waals surface area contributed by atoms with Gasteiger partial charge in [0.15, 0.2) is 0 Å². The standard InChI is InChI=1S/C32H35NO4.ClH/c34-29-12-9-26-8-7-25(19-28(26)20-29)23-37-32-21-33-16-15-31(32)27-10-13-30(14-11-27)36-18-4-17-35-22-24-5-2-1-3-6-24;/h1-3,5-14,19-20,31-34H,4,15-18,21-23H2;1H. The average Bonchev–Trinajstić information content (AvgIpc) is 2.94. The van der Waals surface area contributed by atoms with E-state index in [-0.39, 0.29) is 24.3 Å². The zero-order chi connectivity index (χ0) is 25.3. The van der Waals surface area contributed by atoms with Gasteiger partial charge in [0.1, 0.15) is 11.5 Å². The maximum Gasteiger partial charge on any atom is 0.119 e. The fourth-order valence-corrected chi connectivity index (χ4v) is 4.89. The summed E-state index contributed by atoms with van der Waals surface area (Å²) >= 11 is 0. The van der Waals surface area contributed by atoms with E-state index >= 15 is 0 Å². The minimum absolute atomic E-state index is 0. The van der Waals surface area contributed by atoms with E-state index in [2.05, 4.69) is 59.9 Å².